The molecular formula is C12H14ClNO2. The molecule has 2 rings (SSSR count). The summed E-state index contributed by atoms with van der Waals surface area (Å²) in [4.78, 5) is 11.6. The molecule has 3 nitrogen and oxygen atoms in total. The highest BCUT2D eigenvalue weighted by Gasteiger charge is 2.23. The van der Waals surface area contributed by atoms with Gasteiger partial charge in [-0.05, 0) is 37.1 Å². The van der Waals surface area contributed by atoms with Gasteiger partial charge in [0.05, 0.1) is 0 Å². The lowest BCUT2D eigenvalue weighted by Gasteiger charge is -2.10. The Morgan fingerprint density at radius 3 is 2.81 bits per heavy atom. The zero-order valence-electron chi connectivity index (χ0n) is 8.91. The summed E-state index contributed by atoms with van der Waals surface area (Å²) in [5.74, 6) is -0.160. The van der Waals surface area contributed by atoms with Gasteiger partial charge in [0.15, 0.2) is 0 Å². The van der Waals surface area contributed by atoms with Crippen LogP contribution in [0.1, 0.15) is 18.4 Å². The van der Waals surface area contributed by atoms with E-state index in [1.807, 2.05) is 12.1 Å². The van der Waals surface area contributed by atoms with Crippen LogP contribution in [0.15, 0.2) is 24.3 Å². The molecule has 0 unspecified atom stereocenters. The number of hydrogen-bond donors (Lipinski definition) is 1. The Morgan fingerprint density at radius 2 is 2.19 bits per heavy atom. The van der Waals surface area contributed by atoms with Crippen LogP contribution >= 0.6 is 11.6 Å². The fourth-order valence-corrected chi connectivity index (χ4v) is 1.85. The molecule has 4 heteroatoms. The average molecular weight is 241 g/mol. The van der Waals surface area contributed by atoms with Gasteiger partial charge < -0.3 is 10.1 Å². The molecule has 1 aromatic carbocycles. The summed E-state index contributed by atoms with van der Waals surface area (Å²) >= 11 is 5.76. The predicted octanol–water partition coefficient (Wildman–Crippen LogP) is 2.14. The number of benzene rings is 1. The van der Waals surface area contributed by atoms with Crippen LogP contribution in [0.3, 0.4) is 0 Å². The van der Waals surface area contributed by atoms with Gasteiger partial charge in [-0.3, -0.25) is 4.79 Å². The van der Waals surface area contributed by atoms with E-state index in [0.29, 0.717) is 11.6 Å². The van der Waals surface area contributed by atoms with Gasteiger partial charge >= 0.3 is 5.97 Å². The number of carbonyl (C=O) groups excluding carboxylic acids is 1. The Kier molecular flexibility index (Phi) is 3.80. The molecule has 0 spiro atoms. The van der Waals surface area contributed by atoms with E-state index in [1.165, 1.54) is 0 Å². The molecule has 1 heterocycles. The fourth-order valence-electron chi connectivity index (χ4n) is 1.72. The van der Waals surface area contributed by atoms with Gasteiger partial charge in [0.2, 0.25) is 0 Å². The van der Waals surface area contributed by atoms with Crippen LogP contribution in [-0.2, 0) is 16.1 Å². The van der Waals surface area contributed by atoms with Crippen molar-refractivity contribution in [3.63, 3.8) is 0 Å². The average Bonchev–Trinajstić information content (AvgIpc) is 2.81. The third-order valence-electron chi connectivity index (χ3n) is 2.64. The lowest BCUT2D eigenvalue weighted by molar-refractivity contribution is -0.147. The Hall–Kier alpha value is -1.06. The third kappa shape index (κ3) is 2.97. The van der Waals surface area contributed by atoms with Crippen LogP contribution in [0.4, 0.5) is 0 Å². The highest BCUT2D eigenvalue weighted by Crippen LogP contribution is 2.12. The van der Waals surface area contributed by atoms with E-state index < -0.39 is 0 Å². The smallest absolute Gasteiger partial charge is 0.323 e. The van der Waals surface area contributed by atoms with E-state index in [1.54, 1.807) is 12.1 Å². The van der Waals surface area contributed by atoms with Gasteiger partial charge in [-0.2, -0.15) is 0 Å². The topological polar surface area (TPSA) is 38.3 Å². The Bertz CT molecular complexity index is 358. The van der Waals surface area contributed by atoms with E-state index in [4.69, 9.17) is 16.3 Å². The molecule has 1 saturated heterocycles. The molecule has 1 N–H and O–H groups in total. The number of ether oxygens (including phenoxy) is 1. The van der Waals surface area contributed by atoms with Crippen molar-refractivity contribution in [1.29, 1.82) is 0 Å². The van der Waals surface area contributed by atoms with Crippen LogP contribution < -0.4 is 5.32 Å². The molecule has 0 bridgehead atoms. The maximum absolute atomic E-state index is 11.6. The maximum atomic E-state index is 11.6. The summed E-state index contributed by atoms with van der Waals surface area (Å²) in [7, 11) is 0. The third-order valence-corrected chi connectivity index (χ3v) is 2.89. The standard InChI is InChI=1S/C12H14ClNO2/c13-10-5-3-9(4-6-10)8-16-12(15)11-2-1-7-14-11/h3-6,11,14H,1-2,7-8H2/t11-/m0/s1/i13+2. The van der Waals surface area contributed by atoms with E-state index in [2.05, 4.69) is 5.32 Å². The minimum absolute atomic E-state index is 0.118. The second-order valence-corrected chi connectivity index (χ2v) is 4.32. The molecule has 1 aromatic rings. The molecule has 1 fully saturated rings. The van der Waals surface area contributed by atoms with Crippen LogP contribution in [0, 0.1) is 0 Å². The lowest BCUT2D eigenvalue weighted by atomic mass is 10.2. The molecule has 16 heavy (non-hydrogen) atoms. The lowest BCUT2D eigenvalue weighted by Crippen LogP contribution is -2.32. The first-order valence-electron chi connectivity index (χ1n) is 5.40. The number of halogens is 1. The van der Waals surface area contributed by atoms with Crippen molar-refractivity contribution in [3.8, 4) is 0 Å². The van der Waals surface area contributed by atoms with E-state index in [-0.39, 0.29) is 12.0 Å². The van der Waals surface area contributed by atoms with Crippen molar-refractivity contribution in [2.45, 2.75) is 25.5 Å². The molecule has 0 saturated carbocycles. The maximum Gasteiger partial charge on any atom is 0.323 e. The molecule has 1 aliphatic rings. The van der Waals surface area contributed by atoms with Gasteiger partial charge in [-0.1, -0.05) is 23.7 Å². The zero-order chi connectivity index (χ0) is 11.4. The van der Waals surface area contributed by atoms with Gasteiger partial charge in [0, 0.05) is 5.02 Å². The monoisotopic (exact) mass is 241 g/mol. The normalized spacial score (nSPS) is 19.7. The molecule has 1 atom stereocenters. The van der Waals surface area contributed by atoms with Gasteiger partial charge in [-0.25, -0.2) is 0 Å². The van der Waals surface area contributed by atoms with Crippen LogP contribution in [0.25, 0.3) is 0 Å². The van der Waals surface area contributed by atoms with Gasteiger partial charge in [0.1, 0.15) is 12.6 Å². The Morgan fingerprint density at radius 1 is 1.44 bits per heavy atom. The molecule has 0 radical (unpaired) electrons. The number of rotatable bonds is 3. The minimum atomic E-state index is -0.160. The number of hydrogen-bond acceptors (Lipinski definition) is 3. The molecule has 0 amide bonds. The fraction of sp³-hybridized carbons (Fsp3) is 0.417. The summed E-state index contributed by atoms with van der Waals surface area (Å²) in [6.45, 7) is 1.22. The van der Waals surface area contributed by atoms with Crippen LogP contribution in [0.2, 0.25) is 5.02 Å². The molecule has 86 valence electrons. The van der Waals surface area contributed by atoms with Crippen molar-refractivity contribution in [2.75, 3.05) is 6.54 Å². The van der Waals surface area contributed by atoms with E-state index in [0.717, 1.165) is 24.9 Å². The second kappa shape index (κ2) is 5.32. The van der Waals surface area contributed by atoms with Gasteiger partial charge in [0.25, 0.3) is 0 Å². The first-order valence-corrected chi connectivity index (χ1v) is 5.78. The molecular weight excluding hydrogens is 227 g/mol. The van der Waals surface area contributed by atoms with Crippen molar-refractivity contribution in [3.05, 3.63) is 34.9 Å². The highest BCUT2D eigenvalue weighted by atomic mass is 37.0. The summed E-state index contributed by atoms with van der Waals surface area (Å²) in [6.07, 6.45) is 1.92. The summed E-state index contributed by atoms with van der Waals surface area (Å²) in [5, 5.41) is 3.79. The van der Waals surface area contributed by atoms with Crippen molar-refractivity contribution < 1.29 is 9.53 Å². The van der Waals surface area contributed by atoms with Crippen molar-refractivity contribution in [2.24, 2.45) is 0 Å². The number of esters is 1. The highest BCUT2D eigenvalue weighted by molar-refractivity contribution is 6.30. The zero-order valence-corrected chi connectivity index (χ0v) is 9.67. The quantitative estimate of drug-likeness (QED) is 0.824. The predicted molar refractivity (Wildman–Crippen MR) is 62.3 cm³/mol. The van der Waals surface area contributed by atoms with Crippen LogP contribution in [0.5, 0.6) is 0 Å². The molecule has 0 aromatic heterocycles. The Balaban J connectivity index is 1.82. The van der Waals surface area contributed by atoms with Crippen molar-refractivity contribution >= 4 is 17.6 Å². The van der Waals surface area contributed by atoms with Gasteiger partial charge in [-0.15, -0.1) is 0 Å². The van der Waals surface area contributed by atoms with Crippen LogP contribution in [-0.4, -0.2) is 18.6 Å². The first-order chi connectivity index (χ1) is 7.75. The Labute approximate surface area is 99.7 Å². The molecule has 0 aliphatic carbocycles. The minimum Gasteiger partial charge on any atom is -0.460 e. The van der Waals surface area contributed by atoms with E-state index >= 15 is 0 Å². The second-order valence-electron chi connectivity index (χ2n) is 3.88. The SMILES string of the molecule is O=C(OCc1ccc([37Cl])cc1)[C@@H]1CCCN1. The molecule has 1 aliphatic heterocycles. The van der Waals surface area contributed by atoms with E-state index in [9.17, 15) is 4.79 Å². The largest absolute Gasteiger partial charge is 0.460 e. The first kappa shape index (κ1) is 11.4. The number of nitrogens with one attached hydrogen (secondary N) is 1. The summed E-state index contributed by atoms with van der Waals surface area (Å²) < 4.78 is 5.21. The summed E-state index contributed by atoms with van der Waals surface area (Å²) in [5.41, 5.74) is 0.954. The van der Waals surface area contributed by atoms with Crippen molar-refractivity contribution in [1.82, 2.24) is 5.32 Å². The summed E-state index contributed by atoms with van der Waals surface area (Å²) in [6, 6.07) is 7.18. The number of carbonyl (C=O) groups is 1.